The van der Waals surface area contributed by atoms with Gasteiger partial charge < -0.3 is 4.43 Å². The smallest absolute Gasteiger partial charge is 0.192 e. The predicted molar refractivity (Wildman–Crippen MR) is 128 cm³/mol. The van der Waals surface area contributed by atoms with E-state index in [4.69, 9.17) is 4.43 Å². The Labute approximate surface area is 183 Å². The number of hydrogen-bond acceptors (Lipinski definition) is 2. The van der Waals surface area contributed by atoms with E-state index in [1.165, 1.54) is 50.2 Å². The fourth-order valence-electron chi connectivity index (χ4n) is 7.08. The first-order valence-electron chi connectivity index (χ1n) is 13.0. The number of carbonyl (C=O) groups is 1. The second kappa shape index (κ2) is 10.4. The van der Waals surface area contributed by atoms with Crippen molar-refractivity contribution < 1.29 is 9.22 Å². The minimum atomic E-state index is -1.58. The zero-order valence-corrected chi connectivity index (χ0v) is 21.7. The third kappa shape index (κ3) is 5.19. The molecule has 0 N–H and O–H groups in total. The van der Waals surface area contributed by atoms with Crippen LogP contribution in [0.25, 0.3) is 0 Å². The molecule has 3 heteroatoms. The number of rotatable bonds is 12. The van der Waals surface area contributed by atoms with Crippen LogP contribution < -0.4 is 0 Å². The van der Waals surface area contributed by atoms with Crippen LogP contribution in [-0.2, 0) is 9.22 Å². The molecule has 0 spiro atoms. The first-order chi connectivity index (χ1) is 13.7. The molecule has 1 unspecified atom stereocenters. The molecule has 2 aliphatic rings. The summed E-state index contributed by atoms with van der Waals surface area (Å²) < 4.78 is 7.09. The van der Waals surface area contributed by atoms with Crippen molar-refractivity contribution in [2.75, 3.05) is 0 Å². The van der Waals surface area contributed by atoms with Gasteiger partial charge >= 0.3 is 0 Å². The molecule has 0 aliphatic heterocycles. The van der Waals surface area contributed by atoms with Crippen LogP contribution in [0.1, 0.15) is 113 Å². The molecule has 0 saturated heterocycles. The normalized spacial score (nSPS) is 29.1. The van der Waals surface area contributed by atoms with Crippen LogP contribution >= 0.6 is 0 Å². The lowest BCUT2D eigenvalue weighted by atomic mass is 9.62. The standard InChI is InChI=1S/C26H50O2Si/c1-8-26(9-2,28-29(10-3,11-4)12-5)20-13-15-21(6)22-17-18-23-24(27)16-14-19-25(22,23)7/h21-23H,8-20H2,1-7H3/t21-,22?,23-,25+/m0/s1. The van der Waals surface area contributed by atoms with Gasteiger partial charge in [0.15, 0.2) is 8.32 Å². The van der Waals surface area contributed by atoms with Crippen molar-refractivity contribution in [1.82, 2.24) is 0 Å². The molecule has 170 valence electrons. The highest BCUT2D eigenvalue weighted by molar-refractivity contribution is 6.73. The summed E-state index contributed by atoms with van der Waals surface area (Å²) in [5.74, 6) is 2.40. The lowest BCUT2D eigenvalue weighted by molar-refractivity contribution is -0.130. The van der Waals surface area contributed by atoms with Gasteiger partial charge in [0.25, 0.3) is 0 Å². The highest BCUT2D eigenvalue weighted by Gasteiger charge is 2.52. The van der Waals surface area contributed by atoms with E-state index in [1.54, 1.807) is 0 Å². The van der Waals surface area contributed by atoms with Crippen LogP contribution in [0.5, 0.6) is 0 Å². The van der Waals surface area contributed by atoms with Crippen LogP contribution in [0.15, 0.2) is 0 Å². The Morgan fingerprint density at radius 1 is 1.10 bits per heavy atom. The lowest BCUT2D eigenvalue weighted by Crippen LogP contribution is -2.47. The van der Waals surface area contributed by atoms with Gasteiger partial charge in [-0.05, 0) is 80.3 Å². The summed E-state index contributed by atoms with van der Waals surface area (Å²) in [6.07, 6.45) is 11.7. The van der Waals surface area contributed by atoms with E-state index in [-0.39, 0.29) is 11.0 Å². The van der Waals surface area contributed by atoms with Gasteiger partial charge in [-0.3, -0.25) is 4.79 Å². The molecule has 29 heavy (non-hydrogen) atoms. The van der Waals surface area contributed by atoms with E-state index in [0.29, 0.717) is 11.7 Å². The zero-order chi connectivity index (χ0) is 21.7. The molecule has 0 radical (unpaired) electrons. The minimum absolute atomic E-state index is 0.0941. The highest BCUT2D eigenvalue weighted by Crippen LogP contribution is 2.57. The summed E-state index contributed by atoms with van der Waals surface area (Å²) in [7, 11) is -1.58. The van der Waals surface area contributed by atoms with Crippen LogP contribution in [0, 0.1) is 23.2 Å². The maximum atomic E-state index is 12.5. The van der Waals surface area contributed by atoms with Crippen molar-refractivity contribution in [3.63, 3.8) is 0 Å². The van der Waals surface area contributed by atoms with Gasteiger partial charge in [0.2, 0.25) is 0 Å². The van der Waals surface area contributed by atoms with Crippen LogP contribution in [0.2, 0.25) is 18.1 Å². The summed E-state index contributed by atoms with van der Waals surface area (Å²) in [4.78, 5) is 12.5. The molecule has 0 aromatic rings. The van der Waals surface area contributed by atoms with E-state index in [2.05, 4.69) is 48.5 Å². The Hall–Kier alpha value is -0.153. The first kappa shape index (κ1) is 25.1. The van der Waals surface area contributed by atoms with Crippen LogP contribution in [0.4, 0.5) is 0 Å². The fraction of sp³-hybridized carbons (Fsp3) is 0.962. The Balaban J connectivity index is 1.98. The SMILES string of the molecule is CCC(CC)(CCC[C@H](C)C1CC[C@H]2C(=O)CCC[C@]12C)O[Si](CC)(CC)CC. The largest absolute Gasteiger partial charge is 0.411 e. The number of fused-ring (bicyclic) bond motifs is 1. The summed E-state index contributed by atoms with van der Waals surface area (Å²) in [5.41, 5.74) is 0.378. The number of ketones is 1. The third-order valence-corrected chi connectivity index (χ3v) is 14.3. The van der Waals surface area contributed by atoms with Crippen molar-refractivity contribution >= 4 is 14.1 Å². The Morgan fingerprint density at radius 2 is 1.72 bits per heavy atom. The second-order valence-electron chi connectivity index (χ2n) is 10.7. The Morgan fingerprint density at radius 3 is 2.28 bits per heavy atom. The first-order valence-corrected chi connectivity index (χ1v) is 15.5. The summed E-state index contributed by atoms with van der Waals surface area (Å²) in [5, 5.41) is 0. The monoisotopic (exact) mass is 422 g/mol. The van der Waals surface area contributed by atoms with E-state index in [1.807, 2.05) is 0 Å². The van der Waals surface area contributed by atoms with Gasteiger partial charge in [-0.2, -0.15) is 0 Å². The molecule has 2 fully saturated rings. The van der Waals surface area contributed by atoms with Gasteiger partial charge in [0.05, 0.1) is 5.60 Å². The molecule has 0 amide bonds. The molecule has 2 nitrogen and oxygen atoms in total. The van der Waals surface area contributed by atoms with Gasteiger partial charge in [-0.15, -0.1) is 0 Å². The van der Waals surface area contributed by atoms with Crippen molar-refractivity contribution in [3.05, 3.63) is 0 Å². The number of Topliss-reactive ketones (excluding diaryl/α,β-unsaturated/α-hetero) is 1. The molecule has 2 rings (SSSR count). The van der Waals surface area contributed by atoms with Gasteiger partial charge in [0, 0.05) is 12.3 Å². The number of hydrogen-bond donors (Lipinski definition) is 0. The Kier molecular flexibility index (Phi) is 9.04. The van der Waals surface area contributed by atoms with Gasteiger partial charge in [-0.1, -0.05) is 61.3 Å². The molecule has 4 atom stereocenters. The molecule has 2 saturated carbocycles. The Bertz CT molecular complexity index is 515. The van der Waals surface area contributed by atoms with Gasteiger partial charge in [-0.25, -0.2) is 0 Å². The minimum Gasteiger partial charge on any atom is -0.411 e. The van der Waals surface area contributed by atoms with Crippen molar-refractivity contribution in [2.24, 2.45) is 23.2 Å². The maximum Gasteiger partial charge on any atom is 0.192 e. The third-order valence-electron chi connectivity index (χ3n) is 9.57. The maximum absolute atomic E-state index is 12.5. The van der Waals surface area contributed by atoms with Crippen molar-refractivity contribution in [3.8, 4) is 0 Å². The zero-order valence-electron chi connectivity index (χ0n) is 20.7. The number of carbonyl (C=O) groups excluding carboxylic acids is 1. The van der Waals surface area contributed by atoms with Gasteiger partial charge in [0.1, 0.15) is 5.78 Å². The average Bonchev–Trinajstić information content (AvgIpc) is 3.09. The van der Waals surface area contributed by atoms with E-state index >= 15 is 0 Å². The topological polar surface area (TPSA) is 26.3 Å². The van der Waals surface area contributed by atoms with Crippen LogP contribution in [-0.4, -0.2) is 19.7 Å². The molecule has 0 aromatic carbocycles. The second-order valence-corrected chi connectivity index (χ2v) is 15.4. The molecule has 0 heterocycles. The summed E-state index contributed by atoms with van der Waals surface area (Å²) in [6.45, 7) is 16.6. The predicted octanol–water partition coefficient (Wildman–Crippen LogP) is 8.16. The summed E-state index contributed by atoms with van der Waals surface area (Å²) in [6, 6.07) is 3.73. The van der Waals surface area contributed by atoms with E-state index in [0.717, 1.165) is 43.9 Å². The van der Waals surface area contributed by atoms with Crippen molar-refractivity contribution in [1.29, 1.82) is 0 Å². The molecular formula is C26H50O2Si. The lowest BCUT2D eigenvalue weighted by Gasteiger charge is -2.43. The van der Waals surface area contributed by atoms with Crippen molar-refractivity contribution in [2.45, 2.75) is 136 Å². The fourth-order valence-corrected chi connectivity index (χ4v) is 10.3. The highest BCUT2D eigenvalue weighted by atomic mass is 28.4. The molecule has 0 aromatic heterocycles. The van der Waals surface area contributed by atoms with Crippen LogP contribution in [0.3, 0.4) is 0 Å². The molecule has 0 bridgehead atoms. The van der Waals surface area contributed by atoms with E-state index in [9.17, 15) is 4.79 Å². The quantitative estimate of drug-likeness (QED) is 0.296. The summed E-state index contributed by atoms with van der Waals surface area (Å²) >= 11 is 0. The van der Waals surface area contributed by atoms with E-state index < -0.39 is 8.32 Å². The molecule has 2 aliphatic carbocycles. The average molecular weight is 423 g/mol. The molecular weight excluding hydrogens is 372 g/mol.